The lowest BCUT2D eigenvalue weighted by Crippen LogP contribution is -2.54. The minimum Gasteiger partial charge on any atom is -0.361 e. The summed E-state index contributed by atoms with van der Waals surface area (Å²) in [5, 5.41) is 16.7. The van der Waals surface area contributed by atoms with E-state index >= 15 is 0 Å². The Morgan fingerprint density at radius 3 is 2.37 bits per heavy atom. The Hall–Kier alpha value is -2.55. The fourth-order valence-corrected chi connectivity index (χ4v) is 4.92. The molecule has 2 aliphatic rings. The van der Waals surface area contributed by atoms with Crippen LogP contribution in [0.3, 0.4) is 0 Å². The smallest absolute Gasteiger partial charge is 0.229 e. The van der Waals surface area contributed by atoms with Gasteiger partial charge < -0.3 is 10.0 Å². The third kappa shape index (κ3) is 3.78. The molecule has 1 atom stereocenters. The first-order chi connectivity index (χ1) is 14.3. The van der Waals surface area contributed by atoms with Crippen molar-refractivity contribution in [1.82, 2.24) is 20.2 Å². The minimum atomic E-state index is -0.788. The van der Waals surface area contributed by atoms with Crippen molar-refractivity contribution in [3.05, 3.63) is 48.3 Å². The van der Waals surface area contributed by atoms with Gasteiger partial charge in [-0.2, -0.15) is 0 Å². The van der Waals surface area contributed by atoms with E-state index in [0.717, 1.165) is 31.4 Å². The zero-order valence-electron chi connectivity index (χ0n) is 17.8. The number of hydrogen-bond acceptors (Lipinski definition) is 7. The molecule has 1 unspecified atom stereocenters. The van der Waals surface area contributed by atoms with Crippen LogP contribution in [0.2, 0.25) is 0 Å². The molecule has 30 heavy (non-hydrogen) atoms. The number of nitrogens with one attached hydrogen (secondary N) is 2. The maximum absolute atomic E-state index is 11.2. The van der Waals surface area contributed by atoms with Gasteiger partial charge in [-0.05, 0) is 45.3 Å². The highest BCUT2D eigenvalue weighted by Gasteiger charge is 2.50. The molecule has 1 spiro atoms. The Morgan fingerprint density at radius 1 is 1.17 bits per heavy atom. The van der Waals surface area contributed by atoms with Crippen molar-refractivity contribution in [1.29, 1.82) is 0 Å². The summed E-state index contributed by atoms with van der Waals surface area (Å²) in [4.78, 5) is 23.8. The molecule has 1 aromatic heterocycles. The number of amides is 1. The molecule has 4 rings (SSSR count). The molecule has 2 fully saturated rings. The molecule has 8 heteroatoms. The average molecular weight is 411 g/mol. The van der Waals surface area contributed by atoms with Crippen LogP contribution in [0.15, 0.2) is 42.7 Å². The van der Waals surface area contributed by atoms with E-state index in [2.05, 4.69) is 69.9 Å². The van der Waals surface area contributed by atoms with Gasteiger partial charge in [0.15, 0.2) is 6.35 Å². The lowest BCUT2D eigenvalue weighted by molar-refractivity contribution is -0.114. The first-order valence-electron chi connectivity index (χ1n) is 10.4. The second-order valence-electron chi connectivity index (χ2n) is 8.66. The van der Waals surface area contributed by atoms with Crippen LogP contribution in [-0.4, -0.2) is 58.4 Å². The Labute approximate surface area is 177 Å². The average Bonchev–Trinajstić information content (AvgIpc) is 3.05. The van der Waals surface area contributed by atoms with Crippen molar-refractivity contribution < 1.29 is 9.90 Å². The highest BCUT2D eigenvalue weighted by atomic mass is 16.3. The van der Waals surface area contributed by atoms with E-state index < -0.39 is 6.35 Å². The van der Waals surface area contributed by atoms with Gasteiger partial charge in [-0.15, -0.1) is 0 Å². The molecule has 2 aromatic rings. The van der Waals surface area contributed by atoms with Crippen molar-refractivity contribution in [3.63, 3.8) is 0 Å². The normalized spacial score (nSPS) is 28.8. The van der Waals surface area contributed by atoms with Gasteiger partial charge >= 0.3 is 0 Å². The summed E-state index contributed by atoms with van der Waals surface area (Å²) in [7, 11) is 4.31. The Balaban J connectivity index is 1.49. The van der Waals surface area contributed by atoms with Gasteiger partial charge in [-0.1, -0.05) is 30.3 Å². The number of nitrogens with zero attached hydrogens (tertiary/aromatic N) is 4. The van der Waals surface area contributed by atoms with Gasteiger partial charge in [-0.25, -0.2) is 9.97 Å². The lowest BCUT2D eigenvalue weighted by Gasteiger charge is -2.49. The van der Waals surface area contributed by atoms with E-state index in [-0.39, 0.29) is 22.9 Å². The number of anilines is 2. The summed E-state index contributed by atoms with van der Waals surface area (Å²) in [6, 6.07) is 10.7. The molecule has 160 valence electrons. The first kappa shape index (κ1) is 20.7. The minimum absolute atomic E-state index is 0.00960. The van der Waals surface area contributed by atoms with E-state index in [1.807, 2.05) is 4.90 Å². The summed E-state index contributed by atoms with van der Waals surface area (Å²) in [5.41, 5.74) is 1.94. The fraction of sp³-hybridized carbons (Fsp3) is 0.500. The zero-order valence-corrected chi connectivity index (χ0v) is 17.8. The van der Waals surface area contributed by atoms with Crippen LogP contribution >= 0.6 is 0 Å². The monoisotopic (exact) mass is 410 g/mol. The molecule has 1 aromatic carbocycles. The van der Waals surface area contributed by atoms with Crippen molar-refractivity contribution in [2.24, 2.45) is 0 Å². The largest absolute Gasteiger partial charge is 0.361 e. The molecule has 3 N–H and O–H groups in total. The number of aromatic nitrogens is 2. The predicted molar refractivity (Wildman–Crippen MR) is 116 cm³/mol. The van der Waals surface area contributed by atoms with Gasteiger partial charge in [0.25, 0.3) is 0 Å². The number of hydrogen-bond donors (Lipinski definition) is 3. The lowest BCUT2D eigenvalue weighted by atomic mass is 9.69. The third-order valence-corrected chi connectivity index (χ3v) is 6.66. The number of rotatable bonds is 4. The molecule has 0 radical (unpaired) electrons. The fourth-order valence-electron chi connectivity index (χ4n) is 4.92. The van der Waals surface area contributed by atoms with E-state index in [0.29, 0.717) is 6.54 Å². The van der Waals surface area contributed by atoms with E-state index in [9.17, 15) is 9.90 Å². The van der Waals surface area contributed by atoms with E-state index in [1.54, 1.807) is 12.4 Å². The van der Waals surface area contributed by atoms with Gasteiger partial charge in [-0.3, -0.25) is 20.3 Å². The number of carbonyl (C=O) groups excluding carboxylic acids is 1. The topological polar surface area (TPSA) is 93.6 Å². The summed E-state index contributed by atoms with van der Waals surface area (Å²) >= 11 is 0. The number of aliphatic hydroxyl groups excluding tert-OH is 1. The maximum Gasteiger partial charge on any atom is 0.229 e. The van der Waals surface area contributed by atoms with Gasteiger partial charge in [0.05, 0.1) is 18.1 Å². The maximum atomic E-state index is 11.2. The Kier molecular flexibility index (Phi) is 5.48. The molecule has 8 nitrogen and oxygen atoms in total. The predicted octanol–water partition coefficient (Wildman–Crippen LogP) is 1.89. The number of benzene rings is 1. The molecule has 1 aliphatic heterocycles. The molecule has 1 amide bonds. The molecule has 0 bridgehead atoms. The van der Waals surface area contributed by atoms with Crippen LogP contribution in [-0.2, 0) is 10.3 Å². The van der Waals surface area contributed by atoms with Crippen LogP contribution in [0.25, 0.3) is 0 Å². The molecular formula is C22H30N6O2. The van der Waals surface area contributed by atoms with Crippen LogP contribution in [0.1, 0.15) is 38.2 Å². The van der Waals surface area contributed by atoms with Crippen LogP contribution in [0, 0.1) is 0 Å². The molecule has 1 saturated heterocycles. The Bertz CT molecular complexity index is 878. The number of aliphatic hydroxyl groups is 1. The second-order valence-corrected chi connectivity index (χ2v) is 8.66. The summed E-state index contributed by atoms with van der Waals surface area (Å²) in [5.74, 6) is 0.0495. The quantitative estimate of drug-likeness (QED) is 0.709. The van der Waals surface area contributed by atoms with E-state index in [1.165, 1.54) is 12.5 Å². The summed E-state index contributed by atoms with van der Waals surface area (Å²) in [6.07, 6.45) is 6.42. The first-order valence-corrected chi connectivity index (χ1v) is 10.4. The van der Waals surface area contributed by atoms with Gasteiger partial charge in [0.1, 0.15) is 0 Å². The molecule has 2 heterocycles. The van der Waals surface area contributed by atoms with Crippen molar-refractivity contribution in [3.8, 4) is 0 Å². The van der Waals surface area contributed by atoms with Crippen LogP contribution in [0.4, 0.5) is 11.6 Å². The van der Waals surface area contributed by atoms with Gasteiger partial charge in [0.2, 0.25) is 11.9 Å². The zero-order chi connectivity index (χ0) is 21.4. The van der Waals surface area contributed by atoms with Crippen molar-refractivity contribution >= 4 is 17.5 Å². The summed E-state index contributed by atoms with van der Waals surface area (Å²) in [6.45, 7) is 2.11. The standard InChI is InChI=1S/C22H30N6O2/c1-16(29)25-19-23-13-18(14-24-19)28-15-21(26-20(28)30)9-11-22(12-10-21,27(2)3)17-7-5-4-6-8-17/h4-8,13-14,20,26,30H,9-12,15H2,1-3H3,(H,23,24,25,29). The van der Waals surface area contributed by atoms with E-state index in [4.69, 9.17) is 0 Å². The van der Waals surface area contributed by atoms with Gasteiger partial charge in [0, 0.05) is 24.5 Å². The third-order valence-electron chi connectivity index (χ3n) is 6.66. The molecular weight excluding hydrogens is 380 g/mol. The van der Waals surface area contributed by atoms with Crippen molar-refractivity contribution in [2.75, 3.05) is 30.9 Å². The highest BCUT2D eigenvalue weighted by molar-refractivity contribution is 5.86. The SMILES string of the molecule is CC(=O)Nc1ncc(N2CC3(CCC(c4ccccc4)(N(C)C)CC3)NC2O)cn1. The second kappa shape index (κ2) is 7.94. The van der Waals surface area contributed by atoms with Crippen LogP contribution in [0.5, 0.6) is 0 Å². The van der Waals surface area contributed by atoms with Crippen LogP contribution < -0.4 is 15.5 Å². The highest BCUT2D eigenvalue weighted by Crippen LogP contribution is 2.46. The summed E-state index contributed by atoms with van der Waals surface area (Å²) < 4.78 is 0. The molecule has 1 saturated carbocycles. The van der Waals surface area contributed by atoms with Crippen molar-refractivity contribution in [2.45, 2.75) is 50.0 Å². The molecule has 1 aliphatic carbocycles. The number of carbonyl (C=O) groups is 1. The Morgan fingerprint density at radius 2 is 1.80 bits per heavy atom.